The summed E-state index contributed by atoms with van der Waals surface area (Å²) in [6.07, 6.45) is 5.47. The third kappa shape index (κ3) is 5.31. The van der Waals surface area contributed by atoms with E-state index in [-0.39, 0.29) is 5.91 Å². The fourth-order valence-corrected chi connectivity index (χ4v) is 2.05. The maximum absolute atomic E-state index is 11.1. The van der Waals surface area contributed by atoms with Crippen molar-refractivity contribution in [2.24, 2.45) is 0 Å². The van der Waals surface area contributed by atoms with Crippen LogP contribution in [0.2, 0.25) is 0 Å². The molecule has 5 nitrogen and oxygen atoms in total. The average molecular weight is 288 g/mol. The van der Waals surface area contributed by atoms with Gasteiger partial charge in [0.15, 0.2) is 0 Å². The van der Waals surface area contributed by atoms with Crippen molar-refractivity contribution >= 4 is 5.91 Å². The summed E-state index contributed by atoms with van der Waals surface area (Å²) in [5.41, 5.74) is 0. The van der Waals surface area contributed by atoms with Crippen LogP contribution in [-0.2, 0) is 17.9 Å². The van der Waals surface area contributed by atoms with E-state index in [1.807, 2.05) is 24.3 Å². The zero-order chi connectivity index (χ0) is 14.9. The molecule has 0 spiro atoms. The third-order valence-electron chi connectivity index (χ3n) is 3.05. The van der Waals surface area contributed by atoms with Crippen molar-refractivity contribution in [2.45, 2.75) is 19.5 Å². The summed E-state index contributed by atoms with van der Waals surface area (Å²) < 4.78 is 10.8. The third-order valence-corrected chi connectivity index (χ3v) is 3.05. The zero-order valence-corrected chi connectivity index (χ0v) is 12.0. The number of carbonyl (C=O) groups is 1. The van der Waals surface area contributed by atoms with Crippen molar-refractivity contribution < 1.29 is 13.6 Å². The molecule has 0 bridgehead atoms. The van der Waals surface area contributed by atoms with E-state index in [4.69, 9.17) is 8.83 Å². The molecule has 0 radical (unpaired) electrons. The average Bonchev–Trinajstić information content (AvgIpc) is 3.16. The van der Waals surface area contributed by atoms with E-state index in [1.54, 1.807) is 12.5 Å². The second-order valence-corrected chi connectivity index (χ2v) is 4.72. The summed E-state index contributed by atoms with van der Waals surface area (Å²) >= 11 is 0. The van der Waals surface area contributed by atoms with Crippen LogP contribution in [0.25, 0.3) is 0 Å². The van der Waals surface area contributed by atoms with Crippen LogP contribution in [0.3, 0.4) is 0 Å². The molecule has 5 heteroatoms. The minimum Gasteiger partial charge on any atom is -0.468 e. The summed E-state index contributed by atoms with van der Waals surface area (Å²) in [5, 5.41) is 2.77. The summed E-state index contributed by atoms with van der Waals surface area (Å²) in [6, 6.07) is 7.67. The molecule has 112 valence electrons. The first-order valence-electron chi connectivity index (χ1n) is 6.95. The van der Waals surface area contributed by atoms with Crippen LogP contribution in [-0.4, -0.2) is 23.9 Å². The van der Waals surface area contributed by atoms with Crippen LogP contribution in [0.15, 0.2) is 58.3 Å². The number of rotatable bonds is 9. The predicted molar refractivity (Wildman–Crippen MR) is 79.4 cm³/mol. The quantitative estimate of drug-likeness (QED) is 0.569. The van der Waals surface area contributed by atoms with Crippen LogP contribution < -0.4 is 5.32 Å². The minimum atomic E-state index is -0.140. The van der Waals surface area contributed by atoms with Crippen LogP contribution >= 0.6 is 0 Å². The molecule has 2 aromatic heterocycles. The Hall–Kier alpha value is -2.27. The molecule has 0 saturated carbocycles. The van der Waals surface area contributed by atoms with E-state index in [0.29, 0.717) is 19.6 Å². The zero-order valence-electron chi connectivity index (χ0n) is 12.0. The SMILES string of the molecule is C=CC(=O)NCCCN(Cc1ccco1)Cc1ccco1. The Morgan fingerprint density at radius 1 is 1.19 bits per heavy atom. The van der Waals surface area contributed by atoms with Crippen LogP contribution in [0.5, 0.6) is 0 Å². The summed E-state index contributed by atoms with van der Waals surface area (Å²) in [4.78, 5) is 13.3. The lowest BCUT2D eigenvalue weighted by molar-refractivity contribution is -0.116. The van der Waals surface area contributed by atoms with Gasteiger partial charge in [0.25, 0.3) is 0 Å². The van der Waals surface area contributed by atoms with E-state index >= 15 is 0 Å². The van der Waals surface area contributed by atoms with Crippen molar-refractivity contribution in [3.8, 4) is 0 Å². The molecule has 0 aromatic carbocycles. The van der Waals surface area contributed by atoms with Crippen molar-refractivity contribution in [3.05, 3.63) is 61.0 Å². The van der Waals surface area contributed by atoms with Gasteiger partial charge in [-0.05, 0) is 36.8 Å². The first kappa shape index (κ1) is 15.1. The van der Waals surface area contributed by atoms with E-state index in [2.05, 4.69) is 16.8 Å². The van der Waals surface area contributed by atoms with Crippen LogP contribution in [0.1, 0.15) is 17.9 Å². The largest absolute Gasteiger partial charge is 0.468 e. The summed E-state index contributed by atoms with van der Waals surface area (Å²) in [5.74, 6) is 1.69. The molecule has 0 aliphatic rings. The molecule has 2 heterocycles. The van der Waals surface area contributed by atoms with E-state index in [0.717, 1.165) is 24.5 Å². The lowest BCUT2D eigenvalue weighted by Gasteiger charge is -2.20. The molecule has 2 aromatic rings. The molecule has 2 rings (SSSR count). The maximum atomic E-state index is 11.1. The normalized spacial score (nSPS) is 10.7. The van der Waals surface area contributed by atoms with Crippen molar-refractivity contribution in [1.29, 1.82) is 0 Å². The van der Waals surface area contributed by atoms with Crippen molar-refractivity contribution in [1.82, 2.24) is 10.2 Å². The molecule has 1 N–H and O–H groups in total. The van der Waals surface area contributed by atoms with Crippen molar-refractivity contribution in [2.75, 3.05) is 13.1 Å². The lowest BCUT2D eigenvalue weighted by Crippen LogP contribution is -2.28. The fraction of sp³-hybridized carbons (Fsp3) is 0.312. The highest BCUT2D eigenvalue weighted by Gasteiger charge is 2.10. The van der Waals surface area contributed by atoms with Gasteiger partial charge in [-0.2, -0.15) is 0 Å². The smallest absolute Gasteiger partial charge is 0.243 e. The number of furan rings is 2. The molecule has 0 aliphatic heterocycles. The van der Waals surface area contributed by atoms with Gasteiger partial charge < -0.3 is 14.2 Å². The minimum absolute atomic E-state index is 0.140. The summed E-state index contributed by atoms with van der Waals surface area (Å²) in [7, 11) is 0. The molecule has 21 heavy (non-hydrogen) atoms. The van der Waals surface area contributed by atoms with Gasteiger partial charge in [-0.3, -0.25) is 9.69 Å². The highest BCUT2D eigenvalue weighted by Crippen LogP contribution is 2.11. The standard InChI is InChI=1S/C16H20N2O3/c1-2-16(19)17-8-5-9-18(12-14-6-3-10-20-14)13-15-7-4-11-21-15/h2-4,6-7,10-11H,1,5,8-9,12-13H2,(H,17,19). The van der Waals surface area contributed by atoms with Crippen molar-refractivity contribution in [3.63, 3.8) is 0 Å². The topological polar surface area (TPSA) is 58.6 Å². The Bertz CT molecular complexity index is 496. The summed E-state index contributed by atoms with van der Waals surface area (Å²) in [6.45, 7) is 6.30. The number of hydrogen-bond donors (Lipinski definition) is 1. The maximum Gasteiger partial charge on any atom is 0.243 e. The van der Waals surface area contributed by atoms with E-state index < -0.39 is 0 Å². The first-order valence-corrected chi connectivity index (χ1v) is 6.95. The van der Waals surface area contributed by atoms with E-state index in [1.165, 1.54) is 6.08 Å². The molecular formula is C16H20N2O3. The number of nitrogens with one attached hydrogen (secondary N) is 1. The van der Waals surface area contributed by atoms with Gasteiger partial charge in [0, 0.05) is 13.1 Å². The predicted octanol–water partition coefficient (Wildman–Crippen LogP) is 2.57. The Morgan fingerprint density at radius 2 is 1.81 bits per heavy atom. The number of nitrogens with zero attached hydrogens (tertiary/aromatic N) is 1. The second-order valence-electron chi connectivity index (χ2n) is 4.72. The van der Waals surface area contributed by atoms with Gasteiger partial charge in [0.1, 0.15) is 11.5 Å². The Balaban J connectivity index is 1.82. The monoisotopic (exact) mass is 288 g/mol. The fourth-order valence-electron chi connectivity index (χ4n) is 2.05. The van der Waals surface area contributed by atoms with Crippen LogP contribution in [0.4, 0.5) is 0 Å². The molecule has 0 unspecified atom stereocenters. The van der Waals surface area contributed by atoms with Gasteiger partial charge in [0.05, 0.1) is 25.6 Å². The molecule has 1 amide bonds. The Morgan fingerprint density at radius 3 is 2.29 bits per heavy atom. The van der Waals surface area contributed by atoms with Gasteiger partial charge >= 0.3 is 0 Å². The molecule has 0 aliphatic carbocycles. The van der Waals surface area contributed by atoms with Gasteiger partial charge in [0.2, 0.25) is 5.91 Å². The molecule has 0 fully saturated rings. The lowest BCUT2D eigenvalue weighted by atomic mass is 10.3. The number of amides is 1. The molecule has 0 saturated heterocycles. The van der Waals surface area contributed by atoms with Crippen LogP contribution in [0, 0.1) is 0 Å². The molecule has 0 atom stereocenters. The Labute approximate surface area is 124 Å². The number of carbonyl (C=O) groups excluding carboxylic acids is 1. The Kier molecular flexibility index (Phi) is 5.84. The number of hydrogen-bond acceptors (Lipinski definition) is 4. The molecular weight excluding hydrogens is 268 g/mol. The highest BCUT2D eigenvalue weighted by atomic mass is 16.3. The highest BCUT2D eigenvalue weighted by molar-refractivity contribution is 5.86. The van der Waals surface area contributed by atoms with Gasteiger partial charge in [-0.15, -0.1) is 0 Å². The second kappa shape index (κ2) is 8.11. The first-order chi connectivity index (χ1) is 10.3. The van der Waals surface area contributed by atoms with Gasteiger partial charge in [-0.25, -0.2) is 0 Å². The van der Waals surface area contributed by atoms with Gasteiger partial charge in [-0.1, -0.05) is 6.58 Å². The van der Waals surface area contributed by atoms with E-state index in [9.17, 15) is 4.79 Å².